The summed E-state index contributed by atoms with van der Waals surface area (Å²) in [5.41, 5.74) is 0.811. The first kappa shape index (κ1) is 14.0. The van der Waals surface area contributed by atoms with Crippen LogP contribution in [0, 0.1) is 0 Å². The predicted molar refractivity (Wildman–Crippen MR) is 82.6 cm³/mol. The molecule has 1 aromatic carbocycles. The molecule has 1 saturated heterocycles. The van der Waals surface area contributed by atoms with E-state index in [1.807, 2.05) is 12.1 Å². The van der Waals surface area contributed by atoms with Gasteiger partial charge in [-0.1, -0.05) is 12.1 Å². The van der Waals surface area contributed by atoms with Crippen LogP contribution in [0.5, 0.6) is 5.75 Å². The first-order valence-corrected chi connectivity index (χ1v) is 7.52. The van der Waals surface area contributed by atoms with Gasteiger partial charge in [0.15, 0.2) is 10.4 Å². The van der Waals surface area contributed by atoms with Crippen molar-refractivity contribution in [2.45, 2.75) is 0 Å². The number of carbonyl (C=O) groups excluding carboxylic acids is 1. The molecule has 2 heterocycles. The quantitative estimate of drug-likeness (QED) is 0.904. The second kappa shape index (κ2) is 5.81. The third-order valence-electron chi connectivity index (χ3n) is 3.57. The summed E-state index contributed by atoms with van der Waals surface area (Å²) in [4.78, 5) is 16.1. The van der Waals surface area contributed by atoms with Gasteiger partial charge in [0.2, 0.25) is 0 Å². The van der Waals surface area contributed by atoms with Crippen LogP contribution in [-0.4, -0.2) is 42.1 Å². The number of piperazine rings is 1. The largest absolute Gasteiger partial charge is 0.506 e. The summed E-state index contributed by atoms with van der Waals surface area (Å²) < 4.78 is 5.86. The Morgan fingerprint density at radius 2 is 1.81 bits per heavy atom. The fourth-order valence-electron chi connectivity index (χ4n) is 2.47. The molecule has 21 heavy (non-hydrogen) atoms. The Kier molecular flexibility index (Phi) is 3.88. The number of anilines is 1. The van der Waals surface area contributed by atoms with Crippen molar-refractivity contribution in [3.63, 3.8) is 0 Å². The van der Waals surface area contributed by atoms with Gasteiger partial charge in [0.1, 0.15) is 5.75 Å². The summed E-state index contributed by atoms with van der Waals surface area (Å²) in [6, 6.07) is 10.6. The minimum absolute atomic E-state index is 0.0994. The molecule has 0 spiro atoms. The molecule has 1 aliphatic rings. The number of phenols is 1. The van der Waals surface area contributed by atoms with Crippen molar-refractivity contribution in [1.82, 2.24) is 4.90 Å². The number of phenolic OH excluding ortho intramolecular Hbond substituents is 1. The number of amides is 1. The number of aromatic hydroxyl groups is 1. The molecule has 0 saturated carbocycles. The second-order valence-corrected chi connectivity index (χ2v) is 5.65. The molecular formula is C15H15BrN2O3. The highest BCUT2D eigenvalue weighted by atomic mass is 79.9. The van der Waals surface area contributed by atoms with Gasteiger partial charge in [0, 0.05) is 26.2 Å². The SMILES string of the molecule is O=C(c1ccc(Br)o1)N1CCN(c2ccccc2O)CC1. The van der Waals surface area contributed by atoms with Crippen molar-refractivity contribution in [3.05, 3.63) is 46.8 Å². The van der Waals surface area contributed by atoms with Crippen molar-refractivity contribution < 1.29 is 14.3 Å². The van der Waals surface area contributed by atoms with E-state index in [1.54, 1.807) is 29.2 Å². The molecule has 110 valence electrons. The maximum atomic E-state index is 12.3. The Bertz CT molecular complexity index is 648. The molecular weight excluding hydrogens is 336 g/mol. The summed E-state index contributed by atoms with van der Waals surface area (Å²) in [5.74, 6) is 0.516. The lowest BCUT2D eigenvalue weighted by Crippen LogP contribution is -2.48. The molecule has 1 N–H and O–H groups in total. The number of rotatable bonds is 2. The number of benzene rings is 1. The number of hydrogen-bond donors (Lipinski definition) is 1. The van der Waals surface area contributed by atoms with Gasteiger partial charge in [-0.05, 0) is 40.2 Å². The van der Waals surface area contributed by atoms with Crippen LogP contribution >= 0.6 is 15.9 Å². The van der Waals surface area contributed by atoms with Gasteiger partial charge < -0.3 is 19.3 Å². The van der Waals surface area contributed by atoms with Gasteiger partial charge in [0.25, 0.3) is 5.91 Å². The van der Waals surface area contributed by atoms with Crippen LogP contribution in [-0.2, 0) is 0 Å². The summed E-state index contributed by atoms with van der Waals surface area (Å²) >= 11 is 3.20. The molecule has 2 aromatic rings. The first-order valence-electron chi connectivity index (χ1n) is 6.73. The van der Waals surface area contributed by atoms with E-state index in [0.29, 0.717) is 36.6 Å². The fraction of sp³-hybridized carbons (Fsp3) is 0.267. The van der Waals surface area contributed by atoms with Gasteiger partial charge in [-0.25, -0.2) is 0 Å². The third kappa shape index (κ3) is 2.90. The van der Waals surface area contributed by atoms with Crippen molar-refractivity contribution in [3.8, 4) is 5.75 Å². The van der Waals surface area contributed by atoms with Crippen LogP contribution in [0.1, 0.15) is 10.6 Å². The zero-order chi connectivity index (χ0) is 14.8. The van der Waals surface area contributed by atoms with Crippen molar-refractivity contribution in [2.24, 2.45) is 0 Å². The molecule has 0 aliphatic carbocycles. The highest BCUT2D eigenvalue weighted by Crippen LogP contribution is 2.27. The minimum atomic E-state index is -0.0994. The molecule has 0 atom stereocenters. The molecule has 1 fully saturated rings. The summed E-state index contributed by atoms with van der Waals surface area (Å²) in [7, 11) is 0. The lowest BCUT2D eigenvalue weighted by atomic mass is 10.2. The van der Waals surface area contributed by atoms with E-state index in [9.17, 15) is 9.90 Å². The van der Waals surface area contributed by atoms with E-state index in [1.165, 1.54) is 0 Å². The Balaban J connectivity index is 1.65. The Hall–Kier alpha value is -1.95. The summed E-state index contributed by atoms with van der Waals surface area (Å²) in [6.07, 6.45) is 0. The molecule has 6 heteroatoms. The highest BCUT2D eigenvalue weighted by Gasteiger charge is 2.25. The molecule has 0 radical (unpaired) electrons. The molecule has 5 nitrogen and oxygen atoms in total. The lowest BCUT2D eigenvalue weighted by molar-refractivity contribution is 0.0713. The predicted octanol–water partition coefficient (Wildman–Crippen LogP) is 2.71. The highest BCUT2D eigenvalue weighted by molar-refractivity contribution is 9.10. The summed E-state index contributed by atoms with van der Waals surface area (Å²) in [5, 5.41) is 9.88. The van der Waals surface area contributed by atoms with Crippen molar-refractivity contribution >= 4 is 27.5 Å². The smallest absolute Gasteiger partial charge is 0.289 e. The number of nitrogens with zero attached hydrogens (tertiary/aromatic N) is 2. The number of hydrogen-bond acceptors (Lipinski definition) is 4. The van der Waals surface area contributed by atoms with E-state index in [-0.39, 0.29) is 11.7 Å². The number of para-hydroxylation sites is 2. The minimum Gasteiger partial charge on any atom is -0.506 e. The van der Waals surface area contributed by atoms with Crippen molar-refractivity contribution in [2.75, 3.05) is 31.1 Å². The van der Waals surface area contributed by atoms with Crippen LogP contribution in [0.2, 0.25) is 0 Å². The molecule has 1 aliphatic heterocycles. The van der Waals surface area contributed by atoms with Gasteiger partial charge in [-0.3, -0.25) is 4.79 Å². The van der Waals surface area contributed by atoms with Crippen LogP contribution < -0.4 is 4.90 Å². The average molecular weight is 351 g/mol. The van der Waals surface area contributed by atoms with E-state index in [2.05, 4.69) is 20.8 Å². The van der Waals surface area contributed by atoms with E-state index in [4.69, 9.17) is 4.42 Å². The fourth-order valence-corrected chi connectivity index (χ4v) is 2.77. The zero-order valence-corrected chi connectivity index (χ0v) is 12.9. The van der Waals surface area contributed by atoms with Crippen LogP contribution in [0.4, 0.5) is 5.69 Å². The Morgan fingerprint density at radius 3 is 2.43 bits per heavy atom. The maximum Gasteiger partial charge on any atom is 0.289 e. The monoisotopic (exact) mass is 350 g/mol. The van der Waals surface area contributed by atoms with Gasteiger partial charge in [-0.2, -0.15) is 0 Å². The molecule has 0 bridgehead atoms. The van der Waals surface area contributed by atoms with Gasteiger partial charge in [-0.15, -0.1) is 0 Å². The first-order chi connectivity index (χ1) is 10.1. The normalized spacial score (nSPS) is 15.3. The van der Waals surface area contributed by atoms with E-state index < -0.39 is 0 Å². The molecule has 0 unspecified atom stereocenters. The van der Waals surface area contributed by atoms with E-state index in [0.717, 1.165) is 5.69 Å². The molecule has 1 aromatic heterocycles. The molecule has 1 amide bonds. The van der Waals surface area contributed by atoms with Crippen molar-refractivity contribution in [1.29, 1.82) is 0 Å². The number of carbonyl (C=O) groups is 1. The number of halogens is 1. The van der Waals surface area contributed by atoms with Gasteiger partial charge in [0.05, 0.1) is 5.69 Å². The standard InChI is InChI=1S/C15H15BrN2O3/c16-14-6-5-13(21-14)15(20)18-9-7-17(8-10-18)11-3-1-2-4-12(11)19/h1-6,19H,7-10H2. The van der Waals surface area contributed by atoms with Crippen LogP contribution in [0.15, 0.2) is 45.5 Å². The zero-order valence-electron chi connectivity index (χ0n) is 11.3. The van der Waals surface area contributed by atoms with Crippen LogP contribution in [0.25, 0.3) is 0 Å². The Morgan fingerprint density at radius 1 is 1.10 bits per heavy atom. The summed E-state index contributed by atoms with van der Waals surface area (Å²) in [6.45, 7) is 2.58. The Labute approximate surface area is 130 Å². The van der Waals surface area contributed by atoms with E-state index >= 15 is 0 Å². The maximum absolute atomic E-state index is 12.3. The average Bonchev–Trinajstić information content (AvgIpc) is 2.94. The lowest BCUT2D eigenvalue weighted by Gasteiger charge is -2.35. The topological polar surface area (TPSA) is 56.9 Å². The second-order valence-electron chi connectivity index (χ2n) is 4.87. The van der Waals surface area contributed by atoms with Crippen LogP contribution in [0.3, 0.4) is 0 Å². The third-order valence-corrected chi connectivity index (χ3v) is 4.00. The van der Waals surface area contributed by atoms with Gasteiger partial charge >= 0.3 is 0 Å². The number of furan rings is 1. The molecule has 3 rings (SSSR count).